The lowest BCUT2D eigenvalue weighted by molar-refractivity contribution is -0.145. The summed E-state index contributed by atoms with van der Waals surface area (Å²) in [5, 5.41) is 8.62. The molecule has 0 spiro atoms. The highest BCUT2D eigenvalue weighted by atomic mass is 16.4. The van der Waals surface area contributed by atoms with Crippen molar-refractivity contribution in [3.8, 4) is 0 Å². The molecule has 0 radical (unpaired) electrons. The molecule has 2 unspecified atom stereocenters. The Morgan fingerprint density at radius 1 is 1.25 bits per heavy atom. The third kappa shape index (κ3) is 3.03. The normalized spacial score (nSPS) is 15.2. The lowest BCUT2D eigenvalue weighted by atomic mass is 9.90. The van der Waals surface area contributed by atoms with Crippen LogP contribution in [0.25, 0.3) is 0 Å². The predicted molar refractivity (Wildman–Crippen MR) is 45.9 cm³/mol. The molecule has 2 atom stereocenters. The van der Waals surface area contributed by atoms with E-state index in [9.17, 15) is 9.59 Å². The summed E-state index contributed by atoms with van der Waals surface area (Å²) in [6.07, 6.45) is 1.27. The number of carbonyl (C=O) groups is 2. The first-order valence-corrected chi connectivity index (χ1v) is 4.26. The van der Waals surface area contributed by atoms with Gasteiger partial charge in [0.05, 0.1) is 5.92 Å². The van der Waals surface area contributed by atoms with E-state index in [1.165, 1.54) is 0 Å². The molecule has 0 saturated heterocycles. The Balaban J connectivity index is 4.09. The number of rotatable bonds is 5. The average Bonchev–Trinajstić information content (AvgIpc) is 2.02. The van der Waals surface area contributed by atoms with Crippen molar-refractivity contribution in [1.29, 1.82) is 0 Å². The predicted octanol–water partition coefficient (Wildman–Crippen LogP) is 1.71. The summed E-state index contributed by atoms with van der Waals surface area (Å²) in [6.45, 7) is 5.16. The van der Waals surface area contributed by atoms with Gasteiger partial charge in [-0.1, -0.05) is 20.8 Å². The van der Waals surface area contributed by atoms with Crippen LogP contribution in [0.1, 0.15) is 33.6 Å². The molecule has 3 heteroatoms. The highest BCUT2D eigenvalue weighted by molar-refractivity contribution is 5.85. The molecular weight excluding hydrogens is 156 g/mol. The fourth-order valence-corrected chi connectivity index (χ4v) is 0.967. The Labute approximate surface area is 72.8 Å². The minimum absolute atomic E-state index is 0.0485. The molecule has 0 saturated carbocycles. The second-order valence-electron chi connectivity index (χ2n) is 3.13. The molecule has 0 heterocycles. The SMILES string of the molecule is CCCC(=O)C(C)C(C)C(=O)O. The fraction of sp³-hybridized carbons (Fsp3) is 0.778. The van der Waals surface area contributed by atoms with Crippen molar-refractivity contribution in [3.05, 3.63) is 0 Å². The minimum atomic E-state index is -0.896. The quantitative estimate of drug-likeness (QED) is 0.686. The number of carbonyl (C=O) groups excluding carboxylic acids is 1. The first kappa shape index (κ1) is 11.1. The van der Waals surface area contributed by atoms with Crippen molar-refractivity contribution in [1.82, 2.24) is 0 Å². The summed E-state index contributed by atoms with van der Waals surface area (Å²) in [6, 6.07) is 0. The minimum Gasteiger partial charge on any atom is -0.481 e. The maximum absolute atomic E-state index is 11.2. The van der Waals surface area contributed by atoms with E-state index in [0.717, 1.165) is 6.42 Å². The van der Waals surface area contributed by atoms with Gasteiger partial charge in [-0.15, -0.1) is 0 Å². The van der Waals surface area contributed by atoms with E-state index < -0.39 is 11.9 Å². The van der Waals surface area contributed by atoms with Gasteiger partial charge < -0.3 is 5.11 Å². The molecule has 3 nitrogen and oxygen atoms in total. The molecule has 0 fully saturated rings. The van der Waals surface area contributed by atoms with E-state index in [1.54, 1.807) is 13.8 Å². The van der Waals surface area contributed by atoms with Crippen molar-refractivity contribution < 1.29 is 14.7 Å². The molecule has 0 aliphatic heterocycles. The van der Waals surface area contributed by atoms with Crippen molar-refractivity contribution in [2.45, 2.75) is 33.6 Å². The summed E-state index contributed by atoms with van der Waals surface area (Å²) in [5.41, 5.74) is 0. The van der Waals surface area contributed by atoms with Crippen LogP contribution in [0.5, 0.6) is 0 Å². The van der Waals surface area contributed by atoms with E-state index in [2.05, 4.69) is 0 Å². The molecule has 0 aliphatic carbocycles. The van der Waals surface area contributed by atoms with Gasteiger partial charge in [0.15, 0.2) is 0 Å². The maximum atomic E-state index is 11.2. The zero-order valence-electron chi connectivity index (χ0n) is 7.83. The fourth-order valence-electron chi connectivity index (χ4n) is 0.967. The first-order valence-electron chi connectivity index (χ1n) is 4.26. The highest BCUT2D eigenvalue weighted by Crippen LogP contribution is 2.14. The summed E-state index contributed by atoms with van der Waals surface area (Å²) in [4.78, 5) is 21.7. The molecule has 0 aliphatic rings. The molecule has 0 aromatic heterocycles. The van der Waals surface area contributed by atoms with Crippen molar-refractivity contribution >= 4 is 11.8 Å². The van der Waals surface area contributed by atoms with E-state index in [0.29, 0.717) is 6.42 Å². The largest absolute Gasteiger partial charge is 0.481 e. The van der Waals surface area contributed by atoms with E-state index in [4.69, 9.17) is 5.11 Å². The van der Waals surface area contributed by atoms with Gasteiger partial charge >= 0.3 is 5.97 Å². The van der Waals surface area contributed by atoms with Crippen LogP contribution in [0.15, 0.2) is 0 Å². The van der Waals surface area contributed by atoms with Gasteiger partial charge in [0, 0.05) is 12.3 Å². The Bertz CT molecular complexity index is 175. The molecule has 0 aromatic rings. The van der Waals surface area contributed by atoms with Crippen molar-refractivity contribution in [2.24, 2.45) is 11.8 Å². The Morgan fingerprint density at radius 2 is 1.75 bits per heavy atom. The zero-order valence-corrected chi connectivity index (χ0v) is 7.83. The number of hydrogen-bond donors (Lipinski definition) is 1. The number of aliphatic carboxylic acids is 1. The second-order valence-corrected chi connectivity index (χ2v) is 3.13. The Hall–Kier alpha value is -0.860. The zero-order chi connectivity index (χ0) is 9.72. The maximum Gasteiger partial charge on any atom is 0.306 e. The smallest absolute Gasteiger partial charge is 0.306 e. The number of carboxylic acids is 1. The van der Waals surface area contributed by atoms with Crippen molar-refractivity contribution in [3.63, 3.8) is 0 Å². The summed E-state index contributed by atoms with van der Waals surface area (Å²) < 4.78 is 0. The average molecular weight is 172 g/mol. The third-order valence-electron chi connectivity index (χ3n) is 2.14. The molecule has 0 amide bonds. The molecule has 1 N–H and O–H groups in total. The monoisotopic (exact) mass is 172 g/mol. The number of hydrogen-bond acceptors (Lipinski definition) is 2. The Morgan fingerprint density at radius 3 is 2.08 bits per heavy atom. The van der Waals surface area contributed by atoms with Gasteiger partial charge in [0.25, 0.3) is 0 Å². The topological polar surface area (TPSA) is 54.4 Å². The van der Waals surface area contributed by atoms with E-state index in [1.807, 2.05) is 6.92 Å². The first-order chi connectivity index (χ1) is 5.50. The van der Waals surface area contributed by atoms with Gasteiger partial charge in [0.1, 0.15) is 5.78 Å². The summed E-state index contributed by atoms with van der Waals surface area (Å²) >= 11 is 0. The number of ketones is 1. The standard InChI is InChI=1S/C9H16O3/c1-4-5-8(10)6(2)7(3)9(11)12/h6-7H,4-5H2,1-3H3,(H,11,12). The van der Waals surface area contributed by atoms with Crippen LogP contribution in [0.3, 0.4) is 0 Å². The van der Waals surface area contributed by atoms with Crippen molar-refractivity contribution in [2.75, 3.05) is 0 Å². The molecule has 70 valence electrons. The van der Waals surface area contributed by atoms with Gasteiger partial charge in [-0.2, -0.15) is 0 Å². The summed E-state index contributed by atoms with van der Waals surface area (Å²) in [7, 11) is 0. The summed E-state index contributed by atoms with van der Waals surface area (Å²) in [5.74, 6) is -1.77. The van der Waals surface area contributed by atoms with Crippen LogP contribution < -0.4 is 0 Å². The number of Topliss-reactive ketones (excluding diaryl/α,β-unsaturated/α-hetero) is 1. The van der Waals surface area contributed by atoms with Crippen LogP contribution in [0.4, 0.5) is 0 Å². The van der Waals surface area contributed by atoms with Gasteiger partial charge in [-0.05, 0) is 6.42 Å². The third-order valence-corrected chi connectivity index (χ3v) is 2.14. The van der Waals surface area contributed by atoms with Crippen LogP contribution in [0, 0.1) is 11.8 Å². The molecule has 0 bridgehead atoms. The molecular formula is C9H16O3. The Kier molecular flexibility index (Phi) is 4.55. The van der Waals surface area contributed by atoms with Crippen LogP contribution in [0.2, 0.25) is 0 Å². The van der Waals surface area contributed by atoms with Gasteiger partial charge in [-0.3, -0.25) is 9.59 Å². The van der Waals surface area contributed by atoms with Crippen LogP contribution >= 0.6 is 0 Å². The van der Waals surface area contributed by atoms with E-state index in [-0.39, 0.29) is 11.7 Å². The molecule has 0 aromatic carbocycles. The lowest BCUT2D eigenvalue weighted by Gasteiger charge is -2.13. The van der Waals surface area contributed by atoms with Gasteiger partial charge in [0.2, 0.25) is 0 Å². The highest BCUT2D eigenvalue weighted by Gasteiger charge is 2.24. The van der Waals surface area contributed by atoms with Crippen LogP contribution in [-0.4, -0.2) is 16.9 Å². The second kappa shape index (κ2) is 4.91. The van der Waals surface area contributed by atoms with E-state index >= 15 is 0 Å². The lowest BCUT2D eigenvalue weighted by Crippen LogP contribution is -2.24. The van der Waals surface area contributed by atoms with Crippen LogP contribution in [-0.2, 0) is 9.59 Å². The molecule has 0 rings (SSSR count). The molecule has 12 heavy (non-hydrogen) atoms. The number of carboxylic acid groups (broad SMARTS) is 1. The van der Waals surface area contributed by atoms with Gasteiger partial charge in [-0.25, -0.2) is 0 Å².